The van der Waals surface area contributed by atoms with E-state index in [4.69, 9.17) is 13.0 Å². The van der Waals surface area contributed by atoms with Crippen LogP contribution in [0, 0.1) is 0 Å². The van der Waals surface area contributed by atoms with E-state index in [0.29, 0.717) is 12.0 Å². The van der Waals surface area contributed by atoms with Crippen molar-refractivity contribution >= 4 is 19.3 Å². The van der Waals surface area contributed by atoms with Crippen LogP contribution in [0.2, 0.25) is 0 Å². The molecule has 0 atom stereocenters. The minimum Gasteiger partial charge on any atom is -0.503 e. The molecular formula is C17H17BN2O4. The van der Waals surface area contributed by atoms with Gasteiger partial charge in [0.25, 0.3) is 5.43 Å². The third-order valence-electron chi connectivity index (χ3n) is 4.67. The van der Waals surface area contributed by atoms with Crippen molar-refractivity contribution in [2.24, 2.45) is 0 Å². The molecule has 6 nitrogen and oxygen atoms in total. The first kappa shape index (κ1) is 16.3. The first-order valence-electron chi connectivity index (χ1n) is 7.81. The number of carboxylic acids is 1. The van der Waals surface area contributed by atoms with E-state index < -0.39 is 22.8 Å². The van der Waals surface area contributed by atoms with Gasteiger partial charge in [-0.15, -0.1) is 0 Å². The minimum absolute atomic E-state index is 0.236. The highest BCUT2D eigenvalue weighted by Gasteiger charge is 2.36. The van der Waals surface area contributed by atoms with Crippen LogP contribution >= 0.6 is 0 Å². The largest absolute Gasteiger partial charge is 0.503 e. The number of aromatic hydroxyl groups is 1. The lowest BCUT2D eigenvalue weighted by Crippen LogP contribution is -2.32. The summed E-state index contributed by atoms with van der Waals surface area (Å²) < 4.78 is 1.36. The molecule has 122 valence electrons. The van der Waals surface area contributed by atoms with E-state index >= 15 is 0 Å². The molecule has 0 spiro atoms. The molecule has 2 radical (unpaired) electrons. The first-order valence-corrected chi connectivity index (χ1v) is 7.81. The molecule has 1 aliphatic carbocycles. The summed E-state index contributed by atoms with van der Waals surface area (Å²) in [5, 5.41) is 22.7. The van der Waals surface area contributed by atoms with Gasteiger partial charge in [0, 0.05) is 5.41 Å². The zero-order valence-corrected chi connectivity index (χ0v) is 13.1. The fraction of sp³-hybridized carbons (Fsp3) is 0.353. The Bertz CT molecular complexity index is 841. The Morgan fingerprint density at radius 1 is 1.33 bits per heavy atom. The van der Waals surface area contributed by atoms with Gasteiger partial charge >= 0.3 is 5.97 Å². The van der Waals surface area contributed by atoms with E-state index in [1.165, 1.54) is 10.9 Å². The van der Waals surface area contributed by atoms with E-state index in [-0.39, 0.29) is 5.41 Å². The van der Waals surface area contributed by atoms with Gasteiger partial charge in [-0.1, -0.05) is 42.6 Å². The summed E-state index contributed by atoms with van der Waals surface area (Å²) in [7, 11) is 5.90. The summed E-state index contributed by atoms with van der Waals surface area (Å²) in [5.41, 5.74) is -0.142. The van der Waals surface area contributed by atoms with Crippen LogP contribution in [0.25, 0.3) is 0 Å². The SMILES string of the molecule is [B]c1cccc(C2(Cn3cc(O)c(=O)c(C(=O)O)n3)CCCC2)c1. The molecule has 1 saturated carbocycles. The van der Waals surface area contributed by atoms with Crippen molar-refractivity contribution in [3.05, 3.63) is 51.9 Å². The third-order valence-corrected chi connectivity index (χ3v) is 4.67. The van der Waals surface area contributed by atoms with Crippen molar-refractivity contribution in [3.8, 4) is 5.75 Å². The summed E-state index contributed by atoms with van der Waals surface area (Å²) in [5.74, 6) is -2.06. The van der Waals surface area contributed by atoms with Gasteiger partial charge in [-0.3, -0.25) is 9.48 Å². The Hall–Kier alpha value is -2.57. The standard InChI is InChI=1S/C17H17BN2O4/c18-12-5-3-4-11(8-12)17(6-1-2-7-17)10-20-9-13(21)15(22)14(19-20)16(23)24/h3-5,8-9,21H,1-2,6-7,10H2,(H,23,24). The van der Waals surface area contributed by atoms with E-state index in [1.807, 2.05) is 24.3 Å². The van der Waals surface area contributed by atoms with Crippen LogP contribution in [0.4, 0.5) is 0 Å². The zero-order valence-electron chi connectivity index (χ0n) is 13.1. The predicted octanol–water partition coefficient (Wildman–Crippen LogP) is 0.953. The number of rotatable bonds is 4. The van der Waals surface area contributed by atoms with Gasteiger partial charge in [0.15, 0.2) is 5.75 Å². The fourth-order valence-electron chi connectivity index (χ4n) is 3.51. The number of carboxylic acid groups (broad SMARTS) is 1. The number of hydrogen-bond acceptors (Lipinski definition) is 4. The summed E-state index contributed by atoms with van der Waals surface area (Å²) in [6.45, 7) is 0.380. The van der Waals surface area contributed by atoms with Crippen LogP contribution in [0.1, 0.15) is 41.7 Å². The maximum atomic E-state index is 11.7. The maximum absolute atomic E-state index is 11.7. The third kappa shape index (κ3) is 2.94. The first-order chi connectivity index (χ1) is 11.4. The van der Waals surface area contributed by atoms with E-state index in [0.717, 1.165) is 31.2 Å². The highest BCUT2D eigenvalue weighted by atomic mass is 16.4. The second-order valence-corrected chi connectivity index (χ2v) is 6.31. The van der Waals surface area contributed by atoms with Gasteiger partial charge in [-0.25, -0.2) is 4.79 Å². The Labute approximate surface area is 140 Å². The molecule has 24 heavy (non-hydrogen) atoms. The smallest absolute Gasteiger partial charge is 0.360 e. The average Bonchev–Trinajstić information content (AvgIpc) is 3.00. The van der Waals surface area contributed by atoms with E-state index in [1.54, 1.807) is 0 Å². The van der Waals surface area contributed by atoms with Crippen molar-refractivity contribution in [2.75, 3.05) is 0 Å². The summed E-state index contributed by atoms with van der Waals surface area (Å²) >= 11 is 0. The average molecular weight is 324 g/mol. The summed E-state index contributed by atoms with van der Waals surface area (Å²) in [6, 6.07) is 7.63. The monoisotopic (exact) mass is 324 g/mol. The number of aromatic carboxylic acids is 1. The Balaban J connectivity index is 2.04. The van der Waals surface area contributed by atoms with Gasteiger partial charge in [-0.05, 0) is 18.4 Å². The van der Waals surface area contributed by atoms with Crippen LogP contribution in [0.5, 0.6) is 5.75 Å². The summed E-state index contributed by atoms with van der Waals surface area (Å²) in [6.07, 6.45) is 5.11. The fourth-order valence-corrected chi connectivity index (χ4v) is 3.51. The number of benzene rings is 1. The topological polar surface area (TPSA) is 92.4 Å². The van der Waals surface area contributed by atoms with E-state index in [2.05, 4.69) is 5.10 Å². The molecule has 1 aromatic heterocycles. The lowest BCUT2D eigenvalue weighted by atomic mass is 9.77. The van der Waals surface area contributed by atoms with Crippen LogP contribution < -0.4 is 10.9 Å². The van der Waals surface area contributed by atoms with Crippen molar-refractivity contribution in [3.63, 3.8) is 0 Å². The normalized spacial score (nSPS) is 16.2. The molecule has 0 bridgehead atoms. The highest BCUT2D eigenvalue weighted by molar-refractivity contribution is 6.32. The van der Waals surface area contributed by atoms with Gasteiger partial charge < -0.3 is 10.2 Å². The lowest BCUT2D eigenvalue weighted by molar-refractivity contribution is 0.0684. The highest BCUT2D eigenvalue weighted by Crippen LogP contribution is 2.42. The van der Waals surface area contributed by atoms with Crippen LogP contribution in [0.3, 0.4) is 0 Å². The molecule has 1 aromatic carbocycles. The van der Waals surface area contributed by atoms with Crippen molar-refractivity contribution < 1.29 is 15.0 Å². The second kappa shape index (κ2) is 6.15. The minimum atomic E-state index is -1.45. The van der Waals surface area contributed by atoms with Crippen molar-refractivity contribution in [1.82, 2.24) is 9.78 Å². The molecule has 7 heteroatoms. The molecule has 0 aliphatic heterocycles. The quantitative estimate of drug-likeness (QED) is 0.817. The molecule has 0 saturated heterocycles. The van der Waals surface area contributed by atoms with Crippen LogP contribution in [-0.4, -0.2) is 33.8 Å². The predicted molar refractivity (Wildman–Crippen MR) is 89.1 cm³/mol. The Morgan fingerprint density at radius 2 is 2.04 bits per heavy atom. The maximum Gasteiger partial charge on any atom is 0.360 e. The Kier molecular flexibility index (Phi) is 4.17. The molecule has 3 rings (SSSR count). The van der Waals surface area contributed by atoms with Gasteiger partial charge in [0.1, 0.15) is 7.85 Å². The molecule has 1 heterocycles. The van der Waals surface area contributed by atoms with E-state index in [9.17, 15) is 14.7 Å². The van der Waals surface area contributed by atoms with Crippen LogP contribution in [0.15, 0.2) is 35.3 Å². The molecule has 0 unspecified atom stereocenters. The Morgan fingerprint density at radius 3 is 2.67 bits per heavy atom. The van der Waals surface area contributed by atoms with Gasteiger partial charge in [0.05, 0.1) is 12.7 Å². The second-order valence-electron chi connectivity index (χ2n) is 6.31. The van der Waals surface area contributed by atoms with Crippen LogP contribution in [-0.2, 0) is 12.0 Å². The van der Waals surface area contributed by atoms with Crippen molar-refractivity contribution in [2.45, 2.75) is 37.6 Å². The molecule has 0 amide bonds. The molecule has 2 aromatic rings. The van der Waals surface area contributed by atoms with Gasteiger partial charge in [0.2, 0.25) is 5.69 Å². The number of hydrogen-bond donors (Lipinski definition) is 2. The number of carbonyl (C=O) groups is 1. The number of aromatic nitrogens is 2. The zero-order chi connectivity index (χ0) is 17.3. The molecule has 1 fully saturated rings. The molecule has 2 N–H and O–H groups in total. The number of nitrogens with zero attached hydrogens (tertiary/aromatic N) is 2. The summed E-state index contributed by atoms with van der Waals surface area (Å²) in [4.78, 5) is 22.8. The van der Waals surface area contributed by atoms with Gasteiger partial charge in [-0.2, -0.15) is 5.10 Å². The lowest BCUT2D eigenvalue weighted by Gasteiger charge is -2.30. The molecule has 1 aliphatic rings. The van der Waals surface area contributed by atoms with Crippen molar-refractivity contribution in [1.29, 1.82) is 0 Å². The molecular weight excluding hydrogens is 307 g/mol.